The molecule has 0 amide bonds. The summed E-state index contributed by atoms with van der Waals surface area (Å²) in [5.74, 6) is 2.78. The highest BCUT2D eigenvalue weighted by Crippen LogP contribution is 2.54. The molecule has 2 heterocycles. The fourth-order valence-corrected chi connectivity index (χ4v) is 5.00. The zero-order chi connectivity index (χ0) is 14.0. The Morgan fingerprint density at radius 1 is 1.19 bits per heavy atom. The first kappa shape index (κ1) is 12.2. The SMILES string of the molecule is OC(c1c(C2CC2)ccn2cncc12)C1CC2CCC1C2. The van der Waals surface area contributed by atoms with Crippen LogP contribution in [0.15, 0.2) is 24.8 Å². The smallest absolute Gasteiger partial charge is 0.0992 e. The zero-order valence-electron chi connectivity index (χ0n) is 12.3. The molecule has 21 heavy (non-hydrogen) atoms. The molecule has 4 unspecified atom stereocenters. The van der Waals surface area contributed by atoms with E-state index in [1.807, 2.05) is 12.5 Å². The van der Waals surface area contributed by atoms with Crippen molar-refractivity contribution in [3.05, 3.63) is 35.9 Å². The van der Waals surface area contributed by atoms with Gasteiger partial charge in [0.25, 0.3) is 0 Å². The van der Waals surface area contributed by atoms with Crippen LogP contribution in [0.1, 0.15) is 61.7 Å². The van der Waals surface area contributed by atoms with Crippen molar-refractivity contribution in [1.82, 2.24) is 9.38 Å². The highest BCUT2D eigenvalue weighted by molar-refractivity contribution is 5.59. The second kappa shape index (κ2) is 4.33. The molecule has 3 fully saturated rings. The van der Waals surface area contributed by atoms with Gasteiger partial charge in [-0.05, 0) is 67.4 Å². The summed E-state index contributed by atoms with van der Waals surface area (Å²) in [4.78, 5) is 4.29. The number of nitrogens with zero attached hydrogens (tertiary/aromatic N) is 2. The minimum Gasteiger partial charge on any atom is -0.388 e. The van der Waals surface area contributed by atoms with Crippen LogP contribution in [0.5, 0.6) is 0 Å². The van der Waals surface area contributed by atoms with E-state index in [0.717, 1.165) is 17.4 Å². The van der Waals surface area contributed by atoms with Crippen LogP contribution in [-0.2, 0) is 0 Å². The first-order valence-corrected chi connectivity index (χ1v) is 8.44. The lowest BCUT2D eigenvalue weighted by Crippen LogP contribution is -2.20. The molecule has 0 aliphatic heterocycles. The number of aromatic nitrogens is 2. The molecule has 2 aromatic heterocycles. The molecule has 0 radical (unpaired) electrons. The Hall–Kier alpha value is -1.35. The zero-order valence-corrected chi connectivity index (χ0v) is 12.3. The molecule has 2 aromatic rings. The van der Waals surface area contributed by atoms with Crippen LogP contribution in [0.4, 0.5) is 0 Å². The fraction of sp³-hybridized carbons (Fsp3) is 0.611. The monoisotopic (exact) mass is 282 g/mol. The highest BCUT2D eigenvalue weighted by atomic mass is 16.3. The summed E-state index contributed by atoms with van der Waals surface area (Å²) in [6.07, 6.45) is 13.4. The third-order valence-electron chi connectivity index (χ3n) is 6.18. The van der Waals surface area contributed by atoms with Gasteiger partial charge in [-0.15, -0.1) is 0 Å². The van der Waals surface area contributed by atoms with Gasteiger partial charge in [-0.1, -0.05) is 6.42 Å². The van der Waals surface area contributed by atoms with Crippen molar-refractivity contribution in [3.63, 3.8) is 0 Å². The van der Waals surface area contributed by atoms with E-state index in [9.17, 15) is 5.11 Å². The van der Waals surface area contributed by atoms with Crippen LogP contribution >= 0.6 is 0 Å². The average Bonchev–Trinajstić information content (AvgIpc) is 2.93. The second-order valence-electron chi connectivity index (χ2n) is 7.43. The number of imidazole rings is 1. The summed E-state index contributed by atoms with van der Waals surface area (Å²) in [7, 11) is 0. The van der Waals surface area contributed by atoms with Gasteiger partial charge in [0, 0.05) is 11.8 Å². The van der Waals surface area contributed by atoms with E-state index in [1.165, 1.54) is 49.7 Å². The maximum Gasteiger partial charge on any atom is 0.0992 e. The molecule has 5 rings (SSSR count). The predicted molar refractivity (Wildman–Crippen MR) is 81.1 cm³/mol. The van der Waals surface area contributed by atoms with E-state index in [2.05, 4.69) is 21.6 Å². The molecule has 1 N–H and O–H groups in total. The van der Waals surface area contributed by atoms with Gasteiger partial charge in [0.05, 0.1) is 24.1 Å². The summed E-state index contributed by atoms with van der Waals surface area (Å²) in [6, 6.07) is 2.22. The minimum atomic E-state index is -0.295. The summed E-state index contributed by atoms with van der Waals surface area (Å²) < 4.78 is 2.07. The number of aliphatic hydroxyl groups is 1. The topological polar surface area (TPSA) is 37.5 Å². The molecular weight excluding hydrogens is 260 g/mol. The second-order valence-corrected chi connectivity index (χ2v) is 7.43. The summed E-state index contributed by atoms with van der Waals surface area (Å²) in [5.41, 5.74) is 3.70. The molecule has 2 bridgehead atoms. The summed E-state index contributed by atoms with van der Waals surface area (Å²) in [5, 5.41) is 11.2. The molecule has 3 aliphatic rings. The number of fused-ring (bicyclic) bond motifs is 3. The molecule has 110 valence electrons. The van der Waals surface area contributed by atoms with E-state index >= 15 is 0 Å². The van der Waals surface area contributed by atoms with E-state index in [1.54, 1.807) is 0 Å². The Labute approximate surface area is 125 Å². The Morgan fingerprint density at radius 3 is 2.81 bits per heavy atom. The Balaban J connectivity index is 1.61. The maximum atomic E-state index is 11.2. The van der Waals surface area contributed by atoms with Gasteiger partial charge in [-0.2, -0.15) is 0 Å². The average molecular weight is 282 g/mol. The van der Waals surface area contributed by atoms with Crippen molar-refractivity contribution in [3.8, 4) is 0 Å². The number of aliphatic hydroxyl groups excluding tert-OH is 1. The Kier molecular flexibility index (Phi) is 2.52. The highest BCUT2D eigenvalue weighted by Gasteiger charge is 2.44. The number of pyridine rings is 1. The minimum absolute atomic E-state index is 0.295. The largest absolute Gasteiger partial charge is 0.388 e. The molecular formula is C18H22N2O. The normalized spacial score (nSPS) is 32.9. The van der Waals surface area contributed by atoms with E-state index < -0.39 is 0 Å². The van der Waals surface area contributed by atoms with Gasteiger partial charge in [-0.25, -0.2) is 4.98 Å². The van der Waals surface area contributed by atoms with Gasteiger partial charge in [-0.3, -0.25) is 0 Å². The maximum absolute atomic E-state index is 11.2. The van der Waals surface area contributed by atoms with Crippen LogP contribution in [-0.4, -0.2) is 14.5 Å². The van der Waals surface area contributed by atoms with Crippen molar-refractivity contribution in [2.75, 3.05) is 0 Å². The van der Waals surface area contributed by atoms with Gasteiger partial charge in [0.2, 0.25) is 0 Å². The Morgan fingerprint density at radius 2 is 2.10 bits per heavy atom. The molecule has 3 saturated carbocycles. The molecule has 3 aliphatic carbocycles. The third-order valence-corrected chi connectivity index (χ3v) is 6.18. The molecule has 0 spiro atoms. The summed E-state index contributed by atoms with van der Waals surface area (Å²) >= 11 is 0. The van der Waals surface area contributed by atoms with Crippen LogP contribution in [0, 0.1) is 17.8 Å². The van der Waals surface area contributed by atoms with E-state index in [0.29, 0.717) is 11.8 Å². The molecule has 4 atom stereocenters. The van der Waals surface area contributed by atoms with Gasteiger partial charge < -0.3 is 9.51 Å². The van der Waals surface area contributed by atoms with Crippen LogP contribution in [0.3, 0.4) is 0 Å². The predicted octanol–water partition coefficient (Wildman–Crippen LogP) is 3.68. The number of hydrogen-bond donors (Lipinski definition) is 1. The third kappa shape index (κ3) is 1.80. The van der Waals surface area contributed by atoms with Crippen LogP contribution in [0.2, 0.25) is 0 Å². The summed E-state index contributed by atoms with van der Waals surface area (Å²) in [6.45, 7) is 0. The van der Waals surface area contributed by atoms with Crippen molar-refractivity contribution in [2.45, 2.75) is 50.5 Å². The van der Waals surface area contributed by atoms with Crippen molar-refractivity contribution in [1.29, 1.82) is 0 Å². The fourth-order valence-electron chi connectivity index (χ4n) is 5.00. The molecule has 0 aromatic carbocycles. The van der Waals surface area contributed by atoms with E-state index in [-0.39, 0.29) is 6.10 Å². The van der Waals surface area contributed by atoms with E-state index in [4.69, 9.17) is 0 Å². The molecule has 0 saturated heterocycles. The first-order valence-electron chi connectivity index (χ1n) is 8.44. The number of hydrogen-bond acceptors (Lipinski definition) is 2. The van der Waals surface area contributed by atoms with Gasteiger partial charge in [0.1, 0.15) is 0 Å². The quantitative estimate of drug-likeness (QED) is 0.932. The van der Waals surface area contributed by atoms with Gasteiger partial charge >= 0.3 is 0 Å². The van der Waals surface area contributed by atoms with Crippen LogP contribution in [0.25, 0.3) is 5.52 Å². The van der Waals surface area contributed by atoms with Crippen molar-refractivity contribution < 1.29 is 5.11 Å². The lowest BCUT2D eigenvalue weighted by molar-refractivity contribution is 0.0747. The van der Waals surface area contributed by atoms with Crippen molar-refractivity contribution >= 4 is 5.52 Å². The standard InChI is InChI=1S/C18H22N2O/c21-18(15-8-11-1-2-13(15)7-11)17-14(12-3-4-12)5-6-20-10-19-9-16(17)20/h5-6,9-13,15,18,21H,1-4,7-8H2. The number of rotatable bonds is 3. The molecule has 3 heteroatoms. The lowest BCUT2D eigenvalue weighted by Gasteiger charge is -2.29. The first-order chi connectivity index (χ1) is 10.3. The van der Waals surface area contributed by atoms with Crippen LogP contribution < -0.4 is 0 Å². The Bertz CT molecular complexity index is 688. The lowest BCUT2D eigenvalue weighted by atomic mass is 9.80. The van der Waals surface area contributed by atoms with Gasteiger partial charge in [0.15, 0.2) is 0 Å². The molecule has 3 nitrogen and oxygen atoms in total. The van der Waals surface area contributed by atoms with Crippen molar-refractivity contribution in [2.24, 2.45) is 17.8 Å².